The Balaban J connectivity index is 1.90. The molecule has 1 heterocycles. The number of esters is 1. The number of allylic oxidation sites excluding steroid dienone is 5. The van der Waals surface area contributed by atoms with E-state index in [1.165, 1.54) is 295 Å². The van der Waals surface area contributed by atoms with Crippen molar-refractivity contribution < 1.29 is 49.3 Å². The van der Waals surface area contributed by atoms with Crippen LogP contribution in [0, 0.1) is 0 Å². The zero-order chi connectivity index (χ0) is 64.4. The first-order chi connectivity index (χ1) is 43.7. The van der Waals surface area contributed by atoms with Gasteiger partial charge < -0.3 is 45.1 Å². The van der Waals surface area contributed by atoms with Crippen LogP contribution in [0.15, 0.2) is 36.5 Å². The molecule has 1 amide bonds. The standard InChI is InChI=1S/C78H147NO10/c1-3-5-7-9-11-13-15-41-45-48-52-56-60-64-71(81)70(69-88-78-77(86)76(85)75(84)72(68-80)89-78)79-73(82)65-61-57-53-49-46-42-39-37-35-33-31-29-27-25-23-21-19-17-16-18-20-22-24-26-28-30-32-34-36-38-40-43-47-51-55-59-63-67-87-74(83)66-62-58-54-50-44-14-12-10-8-6-4-2/h11,13,45,48,60,64,70-72,75-78,80-81,84-86H,3-10,12,14-44,46-47,49-59,61-63,65-69H2,1-2H3,(H,79,82)/b13-11+,48-45+,64-60+. The molecule has 7 unspecified atom stereocenters. The van der Waals surface area contributed by atoms with E-state index in [1.807, 2.05) is 6.08 Å². The predicted octanol–water partition coefficient (Wildman–Crippen LogP) is 20.5. The molecule has 0 aliphatic carbocycles. The number of carbonyl (C=O) groups is 2. The molecule has 0 saturated carbocycles. The molecule has 1 fully saturated rings. The summed E-state index contributed by atoms with van der Waals surface area (Å²) in [6, 6.07) is -0.830. The molecule has 1 aliphatic rings. The highest BCUT2D eigenvalue weighted by atomic mass is 16.7. The van der Waals surface area contributed by atoms with Crippen molar-refractivity contribution in [2.75, 3.05) is 19.8 Å². The Hall–Kier alpha value is -2.12. The van der Waals surface area contributed by atoms with Gasteiger partial charge in [-0.2, -0.15) is 0 Å². The van der Waals surface area contributed by atoms with Gasteiger partial charge in [0.2, 0.25) is 5.91 Å². The molecule has 6 N–H and O–H groups in total. The van der Waals surface area contributed by atoms with Crippen molar-refractivity contribution in [1.82, 2.24) is 5.32 Å². The van der Waals surface area contributed by atoms with Gasteiger partial charge in [-0.25, -0.2) is 0 Å². The van der Waals surface area contributed by atoms with Gasteiger partial charge in [-0.15, -0.1) is 0 Å². The third kappa shape index (κ3) is 56.0. The number of hydrogen-bond acceptors (Lipinski definition) is 10. The molecule has 89 heavy (non-hydrogen) atoms. The lowest BCUT2D eigenvalue weighted by Gasteiger charge is -2.40. The van der Waals surface area contributed by atoms with Crippen molar-refractivity contribution in [2.24, 2.45) is 0 Å². The van der Waals surface area contributed by atoms with Crippen LogP contribution in [0.4, 0.5) is 0 Å². The van der Waals surface area contributed by atoms with Gasteiger partial charge in [0.15, 0.2) is 6.29 Å². The van der Waals surface area contributed by atoms with E-state index in [1.54, 1.807) is 6.08 Å². The average molecular weight is 1260 g/mol. The number of rotatable bonds is 69. The van der Waals surface area contributed by atoms with Crippen molar-refractivity contribution >= 4 is 11.9 Å². The molecule has 11 heteroatoms. The molecule has 0 aromatic carbocycles. The van der Waals surface area contributed by atoms with Crippen LogP contribution in [0.3, 0.4) is 0 Å². The fourth-order valence-corrected chi connectivity index (χ4v) is 12.4. The zero-order valence-corrected chi connectivity index (χ0v) is 58.4. The Kier molecular flexibility index (Phi) is 64.2. The Labute approximate surface area is 549 Å². The molecule has 0 aromatic heterocycles. The molecular formula is C78H147NO10. The van der Waals surface area contributed by atoms with Crippen LogP contribution in [-0.2, 0) is 23.8 Å². The van der Waals surface area contributed by atoms with E-state index in [4.69, 9.17) is 14.2 Å². The Bertz CT molecular complexity index is 1570. The summed E-state index contributed by atoms with van der Waals surface area (Å²) in [4.78, 5) is 25.1. The fourth-order valence-electron chi connectivity index (χ4n) is 12.4. The summed E-state index contributed by atoms with van der Waals surface area (Å²) in [5, 5.41) is 54.5. The second kappa shape index (κ2) is 67.3. The highest BCUT2D eigenvalue weighted by molar-refractivity contribution is 5.76. The number of nitrogens with one attached hydrogen (secondary N) is 1. The number of carbonyl (C=O) groups excluding carboxylic acids is 2. The van der Waals surface area contributed by atoms with Crippen LogP contribution < -0.4 is 5.32 Å². The molecule has 1 rings (SSSR count). The van der Waals surface area contributed by atoms with E-state index in [-0.39, 0.29) is 18.5 Å². The lowest BCUT2D eigenvalue weighted by atomic mass is 9.99. The van der Waals surface area contributed by atoms with Crippen LogP contribution in [0.1, 0.15) is 386 Å². The Morgan fingerprint density at radius 3 is 1.11 bits per heavy atom. The van der Waals surface area contributed by atoms with Gasteiger partial charge in [-0.1, -0.05) is 352 Å². The van der Waals surface area contributed by atoms with Crippen LogP contribution in [0.2, 0.25) is 0 Å². The first-order valence-electron chi connectivity index (χ1n) is 38.8. The van der Waals surface area contributed by atoms with E-state index in [9.17, 15) is 35.1 Å². The van der Waals surface area contributed by atoms with Gasteiger partial charge in [0, 0.05) is 12.8 Å². The van der Waals surface area contributed by atoms with Crippen molar-refractivity contribution in [3.63, 3.8) is 0 Å². The smallest absolute Gasteiger partial charge is 0.305 e. The highest BCUT2D eigenvalue weighted by Crippen LogP contribution is 2.24. The topological polar surface area (TPSA) is 175 Å². The fraction of sp³-hybridized carbons (Fsp3) is 0.897. The maximum absolute atomic E-state index is 13.1. The quantitative estimate of drug-likeness (QED) is 0.0195. The molecule has 7 atom stereocenters. The number of unbranched alkanes of at least 4 members (excludes halogenated alkanes) is 51. The minimum absolute atomic E-state index is 0.0171. The van der Waals surface area contributed by atoms with Crippen molar-refractivity contribution in [1.29, 1.82) is 0 Å². The number of aliphatic hydroxyl groups excluding tert-OH is 5. The highest BCUT2D eigenvalue weighted by Gasteiger charge is 2.44. The molecule has 0 spiro atoms. The minimum atomic E-state index is -1.58. The molecule has 1 saturated heterocycles. The van der Waals surface area contributed by atoms with Gasteiger partial charge in [-0.05, 0) is 57.8 Å². The third-order valence-electron chi connectivity index (χ3n) is 18.5. The summed E-state index contributed by atoms with van der Waals surface area (Å²) >= 11 is 0. The van der Waals surface area contributed by atoms with Gasteiger partial charge in [-0.3, -0.25) is 9.59 Å². The lowest BCUT2D eigenvalue weighted by Crippen LogP contribution is -2.60. The second-order valence-electron chi connectivity index (χ2n) is 27.1. The lowest BCUT2D eigenvalue weighted by molar-refractivity contribution is -0.302. The normalized spacial score (nSPS) is 17.9. The first kappa shape index (κ1) is 84.9. The zero-order valence-electron chi connectivity index (χ0n) is 58.4. The summed E-state index contributed by atoms with van der Waals surface area (Å²) in [6.45, 7) is 4.34. The van der Waals surface area contributed by atoms with Crippen LogP contribution in [0.5, 0.6) is 0 Å². The third-order valence-corrected chi connectivity index (χ3v) is 18.5. The number of ether oxygens (including phenoxy) is 3. The van der Waals surface area contributed by atoms with Gasteiger partial charge in [0.05, 0.1) is 32.0 Å². The van der Waals surface area contributed by atoms with E-state index >= 15 is 0 Å². The minimum Gasteiger partial charge on any atom is -0.466 e. The van der Waals surface area contributed by atoms with Crippen LogP contribution in [-0.4, -0.2) is 100 Å². The maximum Gasteiger partial charge on any atom is 0.305 e. The number of amides is 1. The van der Waals surface area contributed by atoms with E-state index < -0.39 is 49.5 Å². The van der Waals surface area contributed by atoms with E-state index in [2.05, 4.69) is 43.5 Å². The maximum atomic E-state index is 13.1. The van der Waals surface area contributed by atoms with Crippen molar-refractivity contribution in [2.45, 2.75) is 429 Å². The Morgan fingerprint density at radius 1 is 0.404 bits per heavy atom. The van der Waals surface area contributed by atoms with E-state index in [0.29, 0.717) is 19.4 Å². The summed E-state index contributed by atoms with van der Waals surface area (Å²) in [7, 11) is 0. The second-order valence-corrected chi connectivity index (χ2v) is 27.1. The molecule has 1 aliphatic heterocycles. The van der Waals surface area contributed by atoms with E-state index in [0.717, 1.165) is 64.2 Å². The van der Waals surface area contributed by atoms with Gasteiger partial charge in [0.1, 0.15) is 24.4 Å². The molecule has 524 valence electrons. The van der Waals surface area contributed by atoms with Crippen LogP contribution >= 0.6 is 0 Å². The van der Waals surface area contributed by atoms with Gasteiger partial charge in [0.25, 0.3) is 0 Å². The molecule has 0 aromatic rings. The van der Waals surface area contributed by atoms with Gasteiger partial charge >= 0.3 is 5.97 Å². The molecular weight excluding hydrogens is 1110 g/mol. The molecule has 0 radical (unpaired) electrons. The average Bonchev–Trinajstić information content (AvgIpc) is 2.53. The van der Waals surface area contributed by atoms with Crippen molar-refractivity contribution in [3.8, 4) is 0 Å². The first-order valence-corrected chi connectivity index (χ1v) is 38.8. The monoisotopic (exact) mass is 1260 g/mol. The number of aliphatic hydroxyl groups is 5. The molecule has 0 bridgehead atoms. The largest absolute Gasteiger partial charge is 0.466 e. The number of hydrogen-bond donors (Lipinski definition) is 6. The molecule has 11 nitrogen and oxygen atoms in total. The summed E-state index contributed by atoms with van der Waals surface area (Å²) in [5.74, 6) is -0.172. The summed E-state index contributed by atoms with van der Waals surface area (Å²) in [5.41, 5.74) is 0. The summed E-state index contributed by atoms with van der Waals surface area (Å²) in [6.07, 6.45) is 77.5. The SMILES string of the molecule is CCCCC/C=C/CC/C=C/CC/C=C/C(O)C(COC1OC(CO)C(O)C(O)C1O)NC(=O)CCCCCCCCCCCCCCCCCCCCCCCCCCCCCCCCCCCCCCCOC(=O)CCCCCCCCCCCCC. The Morgan fingerprint density at radius 2 is 0.730 bits per heavy atom. The van der Waals surface area contributed by atoms with Crippen molar-refractivity contribution in [3.05, 3.63) is 36.5 Å². The van der Waals surface area contributed by atoms with Crippen LogP contribution in [0.25, 0.3) is 0 Å². The predicted molar refractivity (Wildman–Crippen MR) is 375 cm³/mol. The summed E-state index contributed by atoms with van der Waals surface area (Å²) < 4.78 is 16.7.